The van der Waals surface area contributed by atoms with E-state index in [1.807, 2.05) is 24.3 Å². The highest BCUT2D eigenvalue weighted by Gasteiger charge is 2.33. The number of methoxy groups -OCH3 is 1. The van der Waals surface area contributed by atoms with Gasteiger partial charge < -0.3 is 25.6 Å². The highest BCUT2D eigenvalue weighted by atomic mass is 35.5. The van der Waals surface area contributed by atoms with Crippen molar-refractivity contribution in [2.24, 2.45) is 0 Å². The molecule has 0 spiro atoms. The number of rotatable bonds is 9. The first-order valence-electron chi connectivity index (χ1n) is 12.6. The maximum Gasteiger partial charge on any atom is 0.319 e. The Morgan fingerprint density at radius 1 is 1.18 bits per heavy atom. The number of amides is 3. The van der Waals surface area contributed by atoms with E-state index in [-0.39, 0.29) is 35.8 Å². The number of nitrogens with zero attached hydrogens (tertiary/aromatic N) is 2. The zero-order valence-corrected chi connectivity index (χ0v) is 22.5. The Hall–Kier alpha value is -3.52. The normalized spacial score (nSPS) is 18.0. The summed E-state index contributed by atoms with van der Waals surface area (Å²) in [7, 11) is 1.44. The van der Waals surface area contributed by atoms with E-state index >= 15 is 0 Å². The third-order valence-corrected chi connectivity index (χ3v) is 7.01. The molecule has 2 aromatic carbocycles. The van der Waals surface area contributed by atoms with Crippen LogP contribution in [-0.4, -0.2) is 56.7 Å². The van der Waals surface area contributed by atoms with Crippen molar-refractivity contribution in [3.63, 3.8) is 0 Å². The van der Waals surface area contributed by atoms with Crippen LogP contribution in [0.3, 0.4) is 0 Å². The van der Waals surface area contributed by atoms with Crippen molar-refractivity contribution in [1.82, 2.24) is 20.9 Å². The maximum atomic E-state index is 13.9. The summed E-state index contributed by atoms with van der Waals surface area (Å²) >= 11 is 0. The minimum atomic E-state index is -1.07. The number of nitrogens with one attached hydrogen (secondary N) is 3. The molecule has 0 bridgehead atoms. The summed E-state index contributed by atoms with van der Waals surface area (Å²) in [4.78, 5) is 27.8. The first kappa shape index (κ1) is 30.0. The van der Waals surface area contributed by atoms with E-state index in [0.717, 1.165) is 55.7 Å². The highest BCUT2D eigenvalue weighted by Crippen LogP contribution is 2.30. The fourth-order valence-corrected chi connectivity index (χ4v) is 5.11. The third kappa shape index (κ3) is 7.32. The number of ether oxygens (including phenoxy) is 1. The minimum absolute atomic E-state index is 0. The molecule has 1 atom stereocenters. The number of carbonyl (C=O) groups is 2. The predicted molar refractivity (Wildman–Crippen MR) is 144 cm³/mol. The van der Waals surface area contributed by atoms with Crippen LogP contribution in [0.5, 0.6) is 0 Å². The van der Waals surface area contributed by atoms with Gasteiger partial charge in [0.05, 0.1) is 35.6 Å². The molecule has 0 aliphatic carbocycles. The zero-order valence-electron chi connectivity index (χ0n) is 21.6. The van der Waals surface area contributed by atoms with E-state index in [4.69, 9.17) is 4.74 Å². The number of nitriles is 1. The molecule has 39 heavy (non-hydrogen) atoms. The summed E-state index contributed by atoms with van der Waals surface area (Å²) in [5.41, 5.74) is 2.56. The molecular formula is C28H32ClF2N5O3. The Balaban J connectivity index is 0.00000420. The first-order chi connectivity index (χ1) is 18.4. The molecule has 3 amide bonds. The largest absolute Gasteiger partial charge is 0.378 e. The van der Waals surface area contributed by atoms with E-state index in [1.54, 1.807) is 0 Å². The van der Waals surface area contributed by atoms with Crippen molar-refractivity contribution in [2.75, 3.05) is 39.9 Å². The first-order valence-corrected chi connectivity index (χ1v) is 12.6. The number of piperidine rings is 1. The van der Waals surface area contributed by atoms with Crippen LogP contribution in [0.15, 0.2) is 53.7 Å². The summed E-state index contributed by atoms with van der Waals surface area (Å²) < 4.78 is 32.6. The molecule has 2 aromatic rings. The molecule has 0 radical (unpaired) electrons. The van der Waals surface area contributed by atoms with Crippen molar-refractivity contribution >= 4 is 24.3 Å². The minimum Gasteiger partial charge on any atom is -0.378 e. The molecule has 208 valence electrons. The second kappa shape index (κ2) is 14.0. The molecule has 8 nitrogen and oxygen atoms in total. The smallest absolute Gasteiger partial charge is 0.319 e. The number of urea groups is 1. The second-order valence-electron chi connectivity index (χ2n) is 9.45. The Labute approximate surface area is 232 Å². The molecule has 2 aliphatic rings. The lowest BCUT2D eigenvalue weighted by atomic mass is 9.87. The number of hydrogen-bond acceptors (Lipinski definition) is 5. The van der Waals surface area contributed by atoms with Gasteiger partial charge in [-0.2, -0.15) is 5.26 Å². The van der Waals surface area contributed by atoms with Gasteiger partial charge in [0.1, 0.15) is 0 Å². The van der Waals surface area contributed by atoms with Crippen LogP contribution in [0.25, 0.3) is 0 Å². The molecule has 2 aliphatic heterocycles. The zero-order chi connectivity index (χ0) is 27.1. The van der Waals surface area contributed by atoms with Gasteiger partial charge in [0.25, 0.3) is 5.91 Å². The number of hydrogen-bond donors (Lipinski definition) is 3. The van der Waals surface area contributed by atoms with Crippen LogP contribution in [0.4, 0.5) is 13.6 Å². The van der Waals surface area contributed by atoms with Crippen LogP contribution in [-0.2, 0) is 9.53 Å². The summed E-state index contributed by atoms with van der Waals surface area (Å²) in [6.07, 6.45) is 2.66. The highest BCUT2D eigenvalue weighted by molar-refractivity contribution is 5.98. The molecule has 2 heterocycles. The number of benzene rings is 2. The van der Waals surface area contributed by atoms with Crippen molar-refractivity contribution in [3.05, 3.63) is 82.1 Å². The Morgan fingerprint density at radius 2 is 1.92 bits per heavy atom. The lowest BCUT2D eigenvalue weighted by molar-refractivity contribution is -0.118. The van der Waals surface area contributed by atoms with E-state index < -0.39 is 29.6 Å². The molecule has 0 aromatic heterocycles. The fraction of sp³-hybridized carbons (Fsp3) is 0.393. The summed E-state index contributed by atoms with van der Waals surface area (Å²) in [5.74, 6) is -2.14. The number of likely N-dealkylation sites (tertiary alicyclic amines) is 1. The molecule has 0 unspecified atom stereocenters. The second-order valence-corrected chi connectivity index (χ2v) is 9.45. The molecular weight excluding hydrogens is 528 g/mol. The monoisotopic (exact) mass is 559 g/mol. The van der Waals surface area contributed by atoms with Crippen LogP contribution >= 0.6 is 12.4 Å². The van der Waals surface area contributed by atoms with Gasteiger partial charge in [0.15, 0.2) is 11.6 Å². The van der Waals surface area contributed by atoms with E-state index in [1.165, 1.54) is 13.2 Å². The SMILES string of the molecule is COCC1=C(C(=O)NCCCN2CCC(c3ccccc3C#N)CC2)[C@@H](c2ccc(F)c(F)c2)NC(=O)N1.Cl. The molecule has 1 saturated heterocycles. The quantitative estimate of drug-likeness (QED) is 0.404. The predicted octanol–water partition coefficient (Wildman–Crippen LogP) is 3.90. The molecule has 3 N–H and O–H groups in total. The van der Waals surface area contributed by atoms with Gasteiger partial charge in [-0.15, -0.1) is 12.4 Å². The van der Waals surface area contributed by atoms with Crippen LogP contribution in [0.2, 0.25) is 0 Å². The van der Waals surface area contributed by atoms with Gasteiger partial charge in [-0.25, -0.2) is 13.6 Å². The van der Waals surface area contributed by atoms with Gasteiger partial charge in [-0.3, -0.25) is 4.79 Å². The van der Waals surface area contributed by atoms with Crippen LogP contribution < -0.4 is 16.0 Å². The van der Waals surface area contributed by atoms with Crippen LogP contribution in [0.1, 0.15) is 47.9 Å². The van der Waals surface area contributed by atoms with Gasteiger partial charge >= 0.3 is 6.03 Å². The molecule has 0 saturated carbocycles. The van der Waals surface area contributed by atoms with Gasteiger partial charge in [-0.05, 0) is 74.1 Å². The van der Waals surface area contributed by atoms with E-state index in [9.17, 15) is 23.6 Å². The standard InChI is InChI=1S/C28H31F2N5O3.ClH/c1-38-17-24-25(26(34-28(37)33-24)19-7-8-22(29)23(30)15-19)27(36)32-11-4-12-35-13-9-18(10-14-35)21-6-3-2-5-20(21)16-31;/h2-3,5-8,15,18,26H,4,9-14,17H2,1H3,(H,32,36)(H2,33,34,37);1H/t26-;/m1./s1. The summed E-state index contributed by atoms with van der Waals surface area (Å²) in [6, 6.07) is 11.8. The fourth-order valence-electron chi connectivity index (χ4n) is 5.11. The van der Waals surface area contributed by atoms with Crippen molar-refractivity contribution in [2.45, 2.75) is 31.2 Å². The van der Waals surface area contributed by atoms with Crippen molar-refractivity contribution < 1.29 is 23.1 Å². The van der Waals surface area contributed by atoms with Crippen molar-refractivity contribution in [1.29, 1.82) is 5.26 Å². The molecule has 4 rings (SSSR count). The third-order valence-electron chi connectivity index (χ3n) is 7.01. The average molecular weight is 560 g/mol. The average Bonchev–Trinajstić information content (AvgIpc) is 2.92. The lowest BCUT2D eigenvalue weighted by Gasteiger charge is -2.32. The van der Waals surface area contributed by atoms with Crippen LogP contribution in [0, 0.1) is 23.0 Å². The number of halogens is 3. The Morgan fingerprint density at radius 3 is 2.62 bits per heavy atom. The maximum absolute atomic E-state index is 13.9. The van der Waals surface area contributed by atoms with Gasteiger partial charge in [0, 0.05) is 13.7 Å². The molecule has 1 fully saturated rings. The van der Waals surface area contributed by atoms with Gasteiger partial charge in [-0.1, -0.05) is 24.3 Å². The molecule has 11 heteroatoms. The topological polar surface area (TPSA) is 106 Å². The summed E-state index contributed by atoms with van der Waals surface area (Å²) in [6.45, 7) is 3.00. The van der Waals surface area contributed by atoms with E-state index in [2.05, 4.69) is 26.9 Å². The lowest BCUT2D eigenvalue weighted by Crippen LogP contribution is -2.48. The number of carbonyl (C=O) groups excluding carboxylic acids is 2. The summed E-state index contributed by atoms with van der Waals surface area (Å²) in [5, 5.41) is 17.5. The Bertz CT molecular complexity index is 1260. The van der Waals surface area contributed by atoms with E-state index in [0.29, 0.717) is 18.9 Å². The van der Waals surface area contributed by atoms with Gasteiger partial charge in [0.2, 0.25) is 0 Å². The van der Waals surface area contributed by atoms with Crippen molar-refractivity contribution in [3.8, 4) is 6.07 Å². The Kier molecular flexibility index (Phi) is 10.8.